The van der Waals surface area contributed by atoms with Crippen LogP contribution in [0.1, 0.15) is 29.9 Å². The number of hydrogen-bond acceptors (Lipinski definition) is 4. The molecule has 4 rings (SSSR count). The van der Waals surface area contributed by atoms with Crippen molar-refractivity contribution in [2.75, 3.05) is 33.2 Å². The minimum atomic E-state index is -2.87. The first-order chi connectivity index (χ1) is 14.5. The van der Waals surface area contributed by atoms with E-state index >= 15 is 0 Å². The highest BCUT2D eigenvalue weighted by molar-refractivity contribution is 5.84. The molecule has 1 fully saturated rings. The lowest BCUT2D eigenvalue weighted by atomic mass is 9.88. The molecule has 2 heterocycles. The SMILES string of the molecule is CNCCN1CCC(c2cc(C)c3nc(-c4ccccc4OC(F)F)[nH]c3c2)CC1. The molecule has 2 aromatic carbocycles. The minimum absolute atomic E-state index is 0.123. The number of hydrogen-bond donors (Lipinski definition) is 2. The van der Waals surface area contributed by atoms with Crippen LogP contribution in [0.3, 0.4) is 0 Å². The van der Waals surface area contributed by atoms with Gasteiger partial charge in [0.05, 0.1) is 16.6 Å². The summed E-state index contributed by atoms with van der Waals surface area (Å²) in [5.41, 5.74) is 4.75. The Morgan fingerprint density at radius 3 is 2.73 bits per heavy atom. The summed E-state index contributed by atoms with van der Waals surface area (Å²) in [4.78, 5) is 10.5. The van der Waals surface area contributed by atoms with Crippen molar-refractivity contribution in [1.82, 2.24) is 20.2 Å². The zero-order chi connectivity index (χ0) is 21.1. The Balaban J connectivity index is 1.59. The summed E-state index contributed by atoms with van der Waals surface area (Å²) >= 11 is 0. The highest BCUT2D eigenvalue weighted by Gasteiger charge is 2.22. The number of alkyl halides is 2. The molecular formula is C23H28F2N4O. The molecule has 0 atom stereocenters. The summed E-state index contributed by atoms with van der Waals surface area (Å²) < 4.78 is 30.2. The third-order valence-electron chi connectivity index (χ3n) is 5.89. The maximum absolute atomic E-state index is 12.8. The molecule has 160 valence electrons. The predicted octanol–water partition coefficient (Wildman–Crippen LogP) is 4.54. The number of rotatable bonds is 7. The second kappa shape index (κ2) is 9.10. The summed E-state index contributed by atoms with van der Waals surface area (Å²) in [6.07, 6.45) is 2.28. The molecule has 2 N–H and O–H groups in total. The van der Waals surface area contributed by atoms with Crippen LogP contribution >= 0.6 is 0 Å². The van der Waals surface area contributed by atoms with Crippen molar-refractivity contribution in [2.24, 2.45) is 0 Å². The minimum Gasteiger partial charge on any atom is -0.434 e. The van der Waals surface area contributed by atoms with E-state index in [1.54, 1.807) is 18.2 Å². The van der Waals surface area contributed by atoms with Gasteiger partial charge in [-0.2, -0.15) is 8.78 Å². The zero-order valence-corrected chi connectivity index (χ0v) is 17.4. The number of benzene rings is 2. The number of piperidine rings is 1. The number of aromatic amines is 1. The van der Waals surface area contributed by atoms with Gasteiger partial charge in [0.25, 0.3) is 0 Å². The fourth-order valence-electron chi connectivity index (χ4n) is 4.30. The van der Waals surface area contributed by atoms with Crippen molar-refractivity contribution in [1.29, 1.82) is 0 Å². The number of imidazole rings is 1. The number of aryl methyl sites for hydroxylation is 1. The molecule has 0 bridgehead atoms. The van der Waals surface area contributed by atoms with E-state index in [0.29, 0.717) is 17.3 Å². The van der Waals surface area contributed by atoms with Gasteiger partial charge in [0.15, 0.2) is 0 Å². The Labute approximate surface area is 175 Å². The third-order valence-corrected chi connectivity index (χ3v) is 5.89. The van der Waals surface area contributed by atoms with Gasteiger partial charge >= 0.3 is 6.61 Å². The molecular weight excluding hydrogens is 386 g/mol. The van der Waals surface area contributed by atoms with Crippen LogP contribution in [0.25, 0.3) is 22.4 Å². The molecule has 0 unspecified atom stereocenters. The van der Waals surface area contributed by atoms with E-state index in [1.807, 2.05) is 7.05 Å². The Kier molecular flexibility index (Phi) is 6.29. The Bertz CT molecular complexity index is 996. The molecule has 1 aromatic heterocycles. The van der Waals surface area contributed by atoms with Crippen molar-refractivity contribution in [2.45, 2.75) is 32.3 Å². The van der Waals surface area contributed by atoms with E-state index < -0.39 is 6.61 Å². The van der Waals surface area contributed by atoms with E-state index in [-0.39, 0.29) is 5.75 Å². The van der Waals surface area contributed by atoms with Gasteiger partial charge in [0.2, 0.25) is 0 Å². The van der Waals surface area contributed by atoms with Crippen molar-refractivity contribution in [3.05, 3.63) is 47.5 Å². The lowest BCUT2D eigenvalue weighted by Crippen LogP contribution is -2.37. The Morgan fingerprint density at radius 2 is 2.00 bits per heavy atom. The molecule has 1 aliphatic heterocycles. The van der Waals surface area contributed by atoms with Crippen LogP contribution in [0.5, 0.6) is 5.75 Å². The van der Waals surface area contributed by atoms with Crippen LogP contribution in [0.2, 0.25) is 0 Å². The van der Waals surface area contributed by atoms with Gasteiger partial charge in [-0.1, -0.05) is 18.2 Å². The van der Waals surface area contributed by atoms with Crippen LogP contribution < -0.4 is 10.1 Å². The number of ether oxygens (including phenoxy) is 1. The normalized spacial score (nSPS) is 15.9. The van der Waals surface area contributed by atoms with Crippen LogP contribution in [0.4, 0.5) is 8.78 Å². The lowest BCUT2D eigenvalue weighted by molar-refractivity contribution is -0.0494. The number of H-pyrrole nitrogens is 1. The molecule has 0 spiro atoms. The molecule has 5 nitrogen and oxygen atoms in total. The number of aromatic nitrogens is 2. The first-order valence-corrected chi connectivity index (χ1v) is 10.5. The number of nitrogens with zero attached hydrogens (tertiary/aromatic N) is 2. The van der Waals surface area contributed by atoms with E-state index in [1.165, 1.54) is 11.6 Å². The van der Waals surface area contributed by atoms with E-state index in [0.717, 1.165) is 55.6 Å². The van der Waals surface area contributed by atoms with Gasteiger partial charge in [0.1, 0.15) is 11.6 Å². The Morgan fingerprint density at radius 1 is 1.23 bits per heavy atom. The van der Waals surface area contributed by atoms with Crippen molar-refractivity contribution in [3.63, 3.8) is 0 Å². The van der Waals surface area contributed by atoms with Crippen molar-refractivity contribution < 1.29 is 13.5 Å². The highest BCUT2D eigenvalue weighted by Crippen LogP contribution is 2.34. The summed E-state index contributed by atoms with van der Waals surface area (Å²) in [5, 5.41) is 3.21. The molecule has 7 heteroatoms. The van der Waals surface area contributed by atoms with Crippen LogP contribution in [-0.2, 0) is 0 Å². The molecule has 0 amide bonds. The quantitative estimate of drug-likeness (QED) is 0.596. The summed E-state index contributed by atoms with van der Waals surface area (Å²) in [7, 11) is 1.99. The first kappa shape index (κ1) is 20.8. The van der Waals surface area contributed by atoms with Crippen molar-refractivity contribution in [3.8, 4) is 17.1 Å². The number of halogens is 2. The molecule has 3 aromatic rings. The molecule has 0 saturated carbocycles. The number of para-hydroxylation sites is 1. The summed E-state index contributed by atoms with van der Waals surface area (Å²) in [6, 6.07) is 11.1. The number of fused-ring (bicyclic) bond motifs is 1. The van der Waals surface area contributed by atoms with Crippen LogP contribution in [-0.4, -0.2) is 54.7 Å². The standard InChI is InChI=1S/C23H28F2N4O/c1-15-13-17(16-7-10-29(11-8-16)12-9-26-2)14-19-21(15)28-22(27-19)18-5-3-4-6-20(18)30-23(24)25/h3-6,13-14,16,23,26H,7-12H2,1-2H3,(H,27,28). The fraction of sp³-hybridized carbons (Fsp3) is 0.435. The highest BCUT2D eigenvalue weighted by atomic mass is 19.3. The van der Waals surface area contributed by atoms with Gasteiger partial charge in [-0.3, -0.25) is 0 Å². The molecule has 1 saturated heterocycles. The number of likely N-dealkylation sites (N-methyl/N-ethyl adjacent to an activating group) is 1. The number of nitrogens with one attached hydrogen (secondary N) is 2. The summed E-state index contributed by atoms with van der Waals surface area (Å²) in [5.74, 6) is 1.20. The van der Waals surface area contributed by atoms with Gasteiger partial charge in [-0.25, -0.2) is 4.98 Å². The molecule has 1 aliphatic rings. The van der Waals surface area contributed by atoms with Crippen LogP contribution in [0, 0.1) is 6.92 Å². The molecule has 0 aliphatic carbocycles. The predicted molar refractivity (Wildman–Crippen MR) is 115 cm³/mol. The zero-order valence-electron chi connectivity index (χ0n) is 17.4. The van der Waals surface area contributed by atoms with E-state index in [9.17, 15) is 8.78 Å². The van der Waals surface area contributed by atoms with Gasteiger partial charge < -0.3 is 19.9 Å². The second-order valence-electron chi connectivity index (χ2n) is 7.91. The summed E-state index contributed by atoms with van der Waals surface area (Å²) in [6.45, 7) is 3.50. The fourth-order valence-corrected chi connectivity index (χ4v) is 4.30. The number of likely N-dealkylation sites (tertiary alicyclic amines) is 1. The van der Waals surface area contributed by atoms with Crippen molar-refractivity contribution >= 4 is 11.0 Å². The van der Waals surface area contributed by atoms with Gasteiger partial charge in [-0.05, 0) is 75.1 Å². The van der Waals surface area contributed by atoms with Gasteiger partial charge in [0, 0.05) is 13.1 Å². The Hall–Kier alpha value is -2.51. The topological polar surface area (TPSA) is 53.2 Å². The second-order valence-corrected chi connectivity index (χ2v) is 7.91. The average Bonchev–Trinajstić information content (AvgIpc) is 3.17. The van der Waals surface area contributed by atoms with E-state index in [4.69, 9.17) is 0 Å². The smallest absolute Gasteiger partial charge is 0.387 e. The monoisotopic (exact) mass is 414 g/mol. The maximum Gasteiger partial charge on any atom is 0.387 e. The maximum atomic E-state index is 12.8. The lowest BCUT2D eigenvalue weighted by Gasteiger charge is -2.32. The molecule has 30 heavy (non-hydrogen) atoms. The van der Waals surface area contributed by atoms with Crippen LogP contribution in [0.15, 0.2) is 36.4 Å². The first-order valence-electron chi connectivity index (χ1n) is 10.5. The molecule has 0 radical (unpaired) electrons. The van der Waals surface area contributed by atoms with Gasteiger partial charge in [-0.15, -0.1) is 0 Å². The third kappa shape index (κ3) is 4.47. The average molecular weight is 415 g/mol. The largest absolute Gasteiger partial charge is 0.434 e. The van der Waals surface area contributed by atoms with E-state index in [2.05, 4.69) is 44.0 Å².